The Morgan fingerprint density at radius 1 is 1.19 bits per heavy atom. The molecular weight excluding hydrogens is 208 g/mol. The average molecular weight is 225 g/mol. The molecular formula is C13H17F2N. The zero-order valence-electron chi connectivity index (χ0n) is 9.69. The van der Waals surface area contributed by atoms with Crippen LogP contribution in [0.1, 0.15) is 32.3 Å². The van der Waals surface area contributed by atoms with Gasteiger partial charge in [0.2, 0.25) is 0 Å². The van der Waals surface area contributed by atoms with E-state index in [0.717, 1.165) is 12.6 Å². The van der Waals surface area contributed by atoms with Crippen LogP contribution < -0.4 is 5.32 Å². The molecule has 0 spiro atoms. The summed E-state index contributed by atoms with van der Waals surface area (Å²) < 4.78 is 26.2. The second-order valence-electron chi connectivity index (χ2n) is 5.20. The highest BCUT2D eigenvalue weighted by Gasteiger charge is 2.27. The third kappa shape index (κ3) is 2.79. The minimum absolute atomic E-state index is 0.245. The predicted molar refractivity (Wildman–Crippen MR) is 60.4 cm³/mol. The lowest BCUT2D eigenvalue weighted by Gasteiger charge is -2.26. The number of hydrogen-bond acceptors (Lipinski definition) is 1. The van der Waals surface area contributed by atoms with E-state index >= 15 is 0 Å². The molecule has 1 aromatic rings. The van der Waals surface area contributed by atoms with Gasteiger partial charge >= 0.3 is 0 Å². The van der Waals surface area contributed by atoms with Crippen molar-refractivity contribution in [2.45, 2.75) is 38.1 Å². The summed E-state index contributed by atoms with van der Waals surface area (Å²) in [6, 6.07) is 4.35. The molecule has 0 amide bonds. The molecule has 0 radical (unpaired) electrons. The summed E-state index contributed by atoms with van der Waals surface area (Å²) in [5.41, 5.74) is 0.462. The van der Waals surface area contributed by atoms with Gasteiger partial charge < -0.3 is 5.32 Å². The molecule has 16 heavy (non-hydrogen) atoms. The third-order valence-electron chi connectivity index (χ3n) is 3.05. The van der Waals surface area contributed by atoms with E-state index in [4.69, 9.17) is 0 Å². The van der Waals surface area contributed by atoms with Gasteiger partial charge in [-0.25, -0.2) is 8.78 Å². The van der Waals surface area contributed by atoms with Crippen molar-refractivity contribution >= 4 is 0 Å². The SMILES string of the molecule is CC(C)(CNC1CC1)c1cc(F)cc(F)c1. The lowest BCUT2D eigenvalue weighted by atomic mass is 9.84. The molecule has 2 rings (SSSR count). The summed E-state index contributed by atoms with van der Waals surface area (Å²) in [6.07, 6.45) is 2.43. The molecule has 0 heterocycles. The van der Waals surface area contributed by atoms with Gasteiger partial charge in [0.25, 0.3) is 0 Å². The Labute approximate surface area is 94.9 Å². The van der Waals surface area contributed by atoms with Gasteiger partial charge in [0.15, 0.2) is 0 Å². The van der Waals surface area contributed by atoms with Gasteiger partial charge in [-0.15, -0.1) is 0 Å². The number of benzene rings is 1. The summed E-state index contributed by atoms with van der Waals surface area (Å²) in [5.74, 6) is -1.01. The van der Waals surface area contributed by atoms with Gasteiger partial charge in [0, 0.05) is 24.1 Å². The Balaban J connectivity index is 2.12. The molecule has 1 aliphatic carbocycles. The van der Waals surface area contributed by atoms with E-state index in [2.05, 4.69) is 5.32 Å². The average Bonchev–Trinajstić information content (AvgIpc) is 2.96. The van der Waals surface area contributed by atoms with Gasteiger partial charge in [0.1, 0.15) is 11.6 Å². The molecule has 0 atom stereocenters. The number of nitrogens with one attached hydrogen (secondary N) is 1. The normalized spacial score (nSPS) is 16.5. The number of rotatable bonds is 4. The van der Waals surface area contributed by atoms with Crippen LogP contribution in [-0.4, -0.2) is 12.6 Å². The van der Waals surface area contributed by atoms with E-state index < -0.39 is 11.6 Å². The maximum absolute atomic E-state index is 13.1. The molecule has 0 saturated heterocycles. The third-order valence-corrected chi connectivity index (χ3v) is 3.05. The minimum Gasteiger partial charge on any atom is -0.313 e. The van der Waals surface area contributed by atoms with Crippen LogP contribution in [0.25, 0.3) is 0 Å². The van der Waals surface area contributed by atoms with Crippen LogP contribution in [0.5, 0.6) is 0 Å². The molecule has 0 aliphatic heterocycles. The monoisotopic (exact) mass is 225 g/mol. The van der Waals surface area contributed by atoms with Crippen LogP contribution in [-0.2, 0) is 5.41 Å². The highest BCUT2D eigenvalue weighted by molar-refractivity contribution is 5.26. The largest absolute Gasteiger partial charge is 0.313 e. The molecule has 0 aromatic heterocycles. The molecule has 0 unspecified atom stereocenters. The molecule has 88 valence electrons. The van der Waals surface area contributed by atoms with Crippen LogP contribution in [0.4, 0.5) is 8.78 Å². The van der Waals surface area contributed by atoms with Gasteiger partial charge in [-0.2, -0.15) is 0 Å². The summed E-state index contributed by atoms with van der Waals surface area (Å²) in [6.45, 7) is 4.74. The highest BCUT2D eigenvalue weighted by atomic mass is 19.1. The van der Waals surface area contributed by atoms with Gasteiger partial charge in [-0.05, 0) is 30.5 Å². The Bertz CT molecular complexity index is 363. The summed E-state index contributed by atoms with van der Waals surface area (Å²) in [7, 11) is 0. The van der Waals surface area contributed by atoms with Crippen LogP contribution in [0, 0.1) is 11.6 Å². The number of halogens is 2. The molecule has 1 nitrogen and oxygen atoms in total. The molecule has 1 N–H and O–H groups in total. The topological polar surface area (TPSA) is 12.0 Å². The van der Waals surface area contributed by atoms with E-state index in [1.54, 1.807) is 0 Å². The molecule has 0 bridgehead atoms. The summed E-state index contributed by atoms with van der Waals surface area (Å²) in [4.78, 5) is 0. The molecule has 1 aliphatic rings. The fourth-order valence-corrected chi connectivity index (χ4v) is 1.73. The molecule has 1 aromatic carbocycles. The van der Waals surface area contributed by atoms with Gasteiger partial charge in [-0.3, -0.25) is 0 Å². The highest BCUT2D eigenvalue weighted by Crippen LogP contribution is 2.26. The maximum Gasteiger partial charge on any atom is 0.126 e. The number of hydrogen-bond donors (Lipinski definition) is 1. The van der Waals surface area contributed by atoms with Gasteiger partial charge in [-0.1, -0.05) is 13.8 Å². The zero-order valence-corrected chi connectivity index (χ0v) is 9.69. The van der Waals surface area contributed by atoms with Crippen molar-refractivity contribution in [3.63, 3.8) is 0 Å². The van der Waals surface area contributed by atoms with Crippen molar-refractivity contribution < 1.29 is 8.78 Å². The van der Waals surface area contributed by atoms with Crippen LogP contribution >= 0.6 is 0 Å². The Morgan fingerprint density at radius 3 is 2.25 bits per heavy atom. The van der Waals surface area contributed by atoms with E-state index in [1.165, 1.54) is 25.0 Å². The maximum atomic E-state index is 13.1. The Hall–Kier alpha value is -0.960. The standard InChI is InChI=1S/C13H17F2N/c1-13(2,8-16-12-3-4-12)9-5-10(14)7-11(15)6-9/h5-7,12,16H,3-4,8H2,1-2H3. The molecule has 1 saturated carbocycles. The molecule has 1 fully saturated rings. The van der Waals surface area contributed by atoms with Crippen LogP contribution in [0.15, 0.2) is 18.2 Å². The Morgan fingerprint density at radius 2 is 1.75 bits per heavy atom. The van der Waals surface area contributed by atoms with Crippen molar-refractivity contribution in [1.29, 1.82) is 0 Å². The first kappa shape index (κ1) is 11.5. The van der Waals surface area contributed by atoms with Crippen LogP contribution in [0.2, 0.25) is 0 Å². The van der Waals surface area contributed by atoms with E-state index in [0.29, 0.717) is 11.6 Å². The van der Waals surface area contributed by atoms with Crippen molar-refractivity contribution in [3.05, 3.63) is 35.4 Å². The van der Waals surface area contributed by atoms with Crippen molar-refractivity contribution in [2.75, 3.05) is 6.54 Å². The summed E-state index contributed by atoms with van der Waals surface area (Å²) >= 11 is 0. The lowest BCUT2D eigenvalue weighted by molar-refractivity contribution is 0.459. The van der Waals surface area contributed by atoms with E-state index in [1.807, 2.05) is 13.8 Å². The first-order valence-corrected chi connectivity index (χ1v) is 5.67. The first-order chi connectivity index (χ1) is 7.47. The van der Waals surface area contributed by atoms with Crippen molar-refractivity contribution in [2.24, 2.45) is 0 Å². The van der Waals surface area contributed by atoms with Crippen molar-refractivity contribution in [1.82, 2.24) is 5.32 Å². The van der Waals surface area contributed by atoms with Crippen LogP contribution in [0.3, 0.4) is 0 Å². The van der Waals surface area contributed by atoms with E-state index in [9.17, 15) is 8.78 Å². The van der Waals surface area contributed by atoms with Gasteiger partial charge in [0.05, 0.1) is 0 Å². The first-order valence-electron chi connectivity index (χ1n) is 5.67. The molecule has 3 heteroatoms. The van der Waals surface area contributed by atoms with Crippen molar-refractivity contribution in [3.8, 4) is 0 Å². The fourth-order valence-electron chi connectivity index (χ4n) is 1.73. The lowest BCUT2D eigenvalue weighted by Crippen LogP contribution is -2.34. The quantitative estimate of drug-likeness (QED) is 0.830. The fraction of sp³-hybridized carbons (Fsp3) is 0.538. The van der Waals surface area contributed by atoms with E-state index in [-0.39, 0.29) is 5.41 Å². The second-order valence-corrected chi connectivity index (χ2v) is 5.20. The smallest absolute Gasteiger partial charge is 0.126 e. The predicted octanol–water partition coefficient (Wildman–Crippen LogP) is 2.99. The summed E-state index contributed by atoms with van der Waals surface area (Å²) in [5, 5.41) is 3.39. The zero-order chi connectivity index (χ0) is 11.8. The Kier molecular flexibility index (Phi) is 2.98. The minimum atomic E-state index is -0.505. The second kappa shape index (κ2) is 4.13.